The van der Waals surface area contributed by atoms with Gasteiger partial charge in [-0.05, 0) is 35.9 Å². The Balaban J connectivity index is 1.85. The summed E-state index contributed by atoms with van der Waals surface area (Å²) in [6.45, 7) is 4.21. The Labute approximate surface area is 133 Å². The smallest absolute Gasteiger partial charge is 0.224 e. The number of tetrazole rings is 1. The number of fused-ring (bicyclic) bond motifs is 5. The van der Waals surface area contributed by atoms with E-state index in [1.54, 1.807) is 10.9 Å². The first-order valence-corrected chi connectivity index (χ1v) is 7.55. The van der Waals surface area contributed by atoms with Crippen LogP contribution in [0.25, 0.3) is 17.1 Å². The highest BCUT2D eigenvalue weighted by atomic mass is 15.5. The van der Waals surface area contributed by atoms with Gasteiger partial charge < -0.3 is 10.6 Å². The third kappa shape index (κ3) is 2.28. The van der Waals surface area contributed by atoms with Gasteiger partial charge in [0.15, 0.2) is 5.82 Å². The zero-order valence-electron chi connectivity index (χ0n) is 12.9. The molecule has 0 bridgehead atoms. The predicted molar refractivity (Wildman–Crippen MR) is 86.8 cm³/mol. The molecule has 0 saturated heterocycles. The lowest BCUT2D eigenvalue weighted by molar-refractivity contribution is 0.753. The van der Waals surface area contributed by atoms with E-state index in [1.165, 1.54) is 0 Å². The maximum Gasteiger partial charge on any atom is 0.224 e. The van der Waals surface area contributed by atoms with Crippen molar-refractivity contribution in [1.29, 1.82) is 0 Å². The molecule has 8 nitrogen and oxygen atoms in total. The van der Waals surface area contributed by atoms with Gasteiger partial charge in [0.05, 0.1) is 16.9 Å². The van der Waals surface area contributed by atoms with Crippen molar-refractivity contribution >= 4 is 17.5 Å². The van der Waals surface area contributed by atoms with Crippen LogP contribution in [0, 0.1) is 0 Å². The average molecular weight is 308 g/mol. The molecule has 1 atom stereocenters. The number of nitrogens with one attached hydrogen (secondary N) is 2. The lowest BCUT2D eigenvalue weighted by Gasteiger charge is -2.13. The Kier molecular flexibility index (Phi) is 3.14. The van der Waals surface area contributed by atoms with Crippen LogP contribution in [-0.4, -0.2) is 36.2 Å². The van der Waals surface area contributed by atoms with E-state index in [2.05, 4.69) is 50.0 Å². The van der Waals surface area contributed by atoms with Crippen molar-refractivity contribution in [2.45, 2.75) is 26.3 Å². The van der Waals surface area contributed by atoms with Crippen LogP contribution in [0.2, 0.25) is 0 Å². The van der Waals surface area contributed by atoms with Gasteiger partial charge in [0.2, 0.25) is 5.95 Å². The highest BCUT2D eigenvalue weighted by Gasteiger charge is 2.23. The van der Waals surface area contributed by atoms with Crippen molar-refractivity contribution in [3.63, 3.8) is 0 Å². The molecule has 116 valence electrons. The lowest BCUT2D eigenvalue weighted by Crippen LogP contribution is -2.16. The second-order valence-corrected chi connectivity index (χ2v) is 5.47. The minimum absolute atomic E-state index is 0.302. The fourth-order valence-electron chi connectivity index (χ4n) is 2.44. The van der Waals surface area contributed by atoms with Crippen LogP contribution >= 0.6 is 0 Å². The molecule has 4 rings (SSSR count). The van der Waals surface area contributed by atoms with E-state index >= 15 is 0 Å². The molecular weight excluding hydrogens is 292 g/mol. The number of hydrogen-bond acceptors (Lipinski definition) is 7. The van der Waals surface area contributed by atoms with Gasteiger partial charge in [0.25, 0.3) is 0 Å². The second-order valence-electron chi connectivity index (χ2n) is 5.47. The Morgan fingerprint density at radius 2 is 2.17 bits per heavy atom. The van der Waals surface area contributed by atoms with Crippen molar-refractivity contribution in [1.82, 2.24) is 30.2 Å². The molecule has 2 N–H and O–H groups in total. The number of hydrogen-bond donors (Lipinski definition) is 2. The summed E-state index contributed by atoms with van der Waals surface area (Å²) in [6, 6.07) is 8.14. The lowest BCUT2D eigenvalue weighted by atomic mass is 10.2. The maximum absolute atomic E-state index is 4.60. The van der Waals surface area contributed by atoms with Gasteiger partial charge in [-0.2, -0.15) is 9.67 Å². The van der Waals surface area contributed by atoms with Gasteiger partial charge in [-0.15, -0.1) is 5.10 Å². The first-order chi connectivity index (χ1) is 11.3. The van der Waals surface area contributed by atoms with Gasteiger partial charge in [-0.1, -0.05) is 19.1 Å². The van der Waals surface area contributed by atoms with Gasteiger partial charge in [0.1, 0.15) is 5.82 Å². The molecule has 1 aliphatic heterocycles. The molecule has 1 unspecified atom stereocenters. The third-order valence-corrected chi connectivity index (χ3v) is 3.87. The Bertz CT molecular complexity index is 856. The summed E-state index contributed by atoms with van der Waals surface area (Å²) in [7, 11) is 0. The van der Waals surface area contributed by atoms with Gasteiger partial charge in [-0.25, -0.2) is 4.98 Å². The largest absolute Gasteiger partial charge is 0.352 e. The predicted octanol–water partition coefficient (Wildman–Crippen LogP) is 2.39. The van der Waals surface area contributed by atoms with Crippen molar-refractivity contribution in [3.8, 4) is 17.1 Å². The van der Waals surface area contributed by atoms with E-state index in [0.717, 1.165) is 23.4 Å². The molecule has 0 radical (unpaired) electrons. The zero-order chi connectivity index (χ0) is 15.8. The minimum Gasteiger partial charge on any atom is -0.352 e. The van der Waals surface area contributed by atoms with E-state index < -0.39 is 0 Å². The van der Waals surface area contributed by atoms with Crippen molar-refractivity contribution in [3.05, 3.63) is 30.5 Å². The Morgan fingerprint density at radius 3 is 3.04 bits per heavy atom. The minimum atomic E-state index is 0.302. The molecule has 3 aromatic rings. The quantitative estimate of drug-likeness (QED) is 0.600. The molecule has 0 spiro atoms. The Morgan fingerprint density at radius 1 is 1.30 bits per heavy atom. The number of nitrogens with zero attached hydrogens (tertiary/aromatic N) is 6. The molecule has 3 heterocycles. The van der Waals surface area contributed by atoms with E-state index in [1.807, 2.05) is 24.3 Å². The van der Waals surface area contributed by atoms with Crippen LogP contribution in [0.15, 0.2) is 30.5 Å². The second kappa shape index (κ2) is 5.31. The molecule has 0 amide bonds. The number of rotatable bonds is 3. The van der Waals surface area contributed by atoms with Crippen molar-refractivity contribution in [2.75, 3.05) is 10.6 Å². The summed E-state index contributed by atoms with van der Waals surface area (Å²) in [5.74, 6) is 1.89. The standard InChI is InChI=1S/C15H16N8/c1-3-9(2)17-15-16-8-10-13(19-15)18-11-6-4-5-7-12(11)23-14(10)20-21-22-23/h4-9H,3H2,1-2H3,(H2,16,17,18,19). The fourth-order valence-corrected chi connectivity index (χ4v) is 2.44. The summed E-state index contributed by atoms with van der Waals surface area (Å²) < 4.78 is 1.69. The topological polar surface area (TPSA) is 93.4 Å². The van der Waals surface area contributed by atoms with E-state index in [0.29, 0.717) is 23.6 Å². The first kappa shape index (κ1) is 13.6. The molecule has 0 aliphatic carbocycles. The molecule has 1 aromatic carbocycles. The van der Waals surface area contributed by atoms with Crippen LogP contribution in [0.3, 0.4) is 0 Å². The molecule has 23 heavy (non-hydrogen) atoms. The van der Waals surface area contributed by atoms with Gasteiger partial charge in [-0.3, -0.25) is 0 Å². The number of aromatic nitrogens is 6. The summed E-state index contributed by atoms with van der Waals surface area (Å²) in [4.78, 5) is 8.99. The van der Waals surface area contributed by atoms with Crippen LogP contribution in [-0.2, 0) is 0 Å². The molecule has 2 aromatic heterocycles. The van der Waals surface area contributed by atoms with Gasteiger partial charge >= 0.3 is 0 Å². The summed E-state index contributed by atoms with van der Waals surface area (Å²) in [5.41, 5.74) is 2.54. The SMILES string of the molecule is CCC(C)Nc1ncc2c(n1)Nc1ccccc1-n1nnnc1-2. The monoisotopic (exact) mass is 308 g/mol. The van der Waals surface area contributed by atoms with Crippen molar-refractivity contribution in [2.24, 2.45) is 0 Å². The maximum atomic E-state index is 4.60. The summed E-state index contributed by atoms with van der Waals surface area (Å²) >= 11 is 0. The number of para-hydroxylation sites is 2. The fraction of sp³-hybridized carbons (Fsp3) is 0.267. The third-order valence-electron chi connectivity index (χ3n) is 3.87. The summed E-state index contributed by atoms with van der Waals surface area (Å²) in [5, 5.41) is 18.6. The van der Waals surface area contributed by atoms with Crippen LogP contribution in [0.1, 0.15) is 20.3 Å². The zero-order valence-corrected chi connectivity index (χ0v) is 12.9. The van der Waals surface area contributed by atoms with Gasteiger partial charge in [0, 0.05) is 12.2 Å². The molecular formula is C15H16N8. The Hall–Kier alpha value is -3.03. The number of anilines is 3. The highest BCUT2D eigenvalue weighted by molar-refractivity contribution is 5.81. The van der Waals surface area contributed by atoms with Crippen molar-refractivity contribution < 1.29 is 0 Å². The van der Waals surface area contributed by atoms with Crippen LogP contribution in [0.4, 0.5) is 17.5 Å². The van der Waals surface area contributed by atoms with E-state index in [-0.39, 0.29) is 0 Å². The van der Waals surface area contributed by atoms with Crippen LogP contribution in [0.5, 0.6) is 0 Å². The van der Waals surface area contributed by atoms with E-state index in [4.69, 9.17) is 0 Å². The highest BCUT2D eigenvalue weighted by Crippen LogP contribution is 2.35. The van der Waals surface area contributed by atoms with Crippen LogP contribution < -0.4 is 10.6 Å². The first-order valence-electron chi connectivity index (χ1n) is 7.55. The molecule has 0 saturated carbocycles. The molecule has 1 aliphatic rings. The summed E-state index contributed by atoms with van der Waals surface area (Å²) in [6.07, 6.45) is 2.74. The molecule has 8 heteroatoms. The normalized spacial score (nSPS) is 13.1. The molecule has 0 fully saturated rings. The number of benzene rings is 1. The average Bonchev–Trinajstić information content (AvgIpc) is 3.00. The van der Waals surface area contributed by atoms with E-state index in [9.17, 15) is 0 Å².